The largest absolute Gasteiger partial charge is 0.507 e. The summed E-state index contributed by atoms with van der Waals surface area (Å²) in [7, 11) is 1.46. The third-order valence-electron chi connectivity index (χ3n) is 2.88. The number of ether oxygens (including phenoxy) is 1. The molecule has 2 rings (SSSR count). The molecule has 1 heterocycles. The molecule has 21 heavy (non-hydrogen) atoms. The molecule has 0 radical (unpaired) electrons. The van der Waals surface area contributed by atoms with Gasteiger partial charge in [-0.15, -0.1) is 0 Å². The van der Waals surface area contributed by atoms with E-state index in [-0.39, 0.29) is 17.7 Å². The molecule has 0 saturated carbocycles. The SMILES string of the molecule is COc1ccc(C(=O)/C=C/C2=NC=C(O)C(=O)C2)c(O)c1. The minimum atomic E-state index is -0.454. The van der Waals surface area contributed by atoms with Gasteiger partial charge in [0.05, 0.1) is 25.3 Å². The lowest BCUT2D eigenvalue weighted by molar-refractivity contribution is -0.116. The molecule has 0 amide bonds. The van der Waals surface area contributed by atoms with Crippen molar-refractivity contribution in [3.05, 3.63) is 47.9 Å². The number of benzene rings is 1. The second-order valence-corrected chi connectivity index (χ2v) is 4.32. The number of aromatic hydroxyl groups is 1. The molecule has 0 saturated heterocycles. The molecule has 0 spiro atoms. The van der Waals surface area contributed by atoms with Crippen LogP contribution in [0.4, 0.5) is 0 Å². The maximum absolute atomic E-state index is 12.0. The van der Waals surface area contributed by atoms with Gasteiger partial charge in [-0.1, -0.05) is 0 Å². The molecule has 0 unspecified atom stereocenters. The zero-order chi connectivity index (χ0) is 15.4. The maximum Gasteiger partial charge on any atom is 0.204 e. The fraction of sp³-hybridized carbons (Fsp3) is 0.133. The number of phenolic OH excluding ortho intramolecular Hbond substituents is 1. The van der Waals surface area contributed by atoms with Crippen LogP contribution in [0.3, 0.4) is 0 Å². The Bertz CT molecular complexity index is 685. The average molecular weight is 287 g/mol. The molecule has 1 aliphatic rings. The number of aliphatic hydroxyl groups is 1. The summed E-state index contributed by atoms with van der Waals surface area (Å²) in [5, 5.41) is 18.9. The van der Waals surface area contributed by atoms with Gasteiger partial charge in [-0.05, 0) is 24.3 Å². The molecule has 0 fully saturated rings. The third kappa shape index (κ3) is 3.36. The summed E-state index contributed by atoms with van der Waals surface area (Å²) < 4.78 is 4.93. The van der Waals surface area contributed by atoms with Crippen LogP contribution >= 0.6 is 0 Å². The minimum absolute atomic E-state index is 0.0687. The molecule has 6 nitrogen and oxygen atoms in total. The molecular formula is C15H13NO5. The fourth-order valence-electron chi connectivity index (χ4n) is 1.73. The first-order valence-electron chi connectivity index (χ1n) is 6.09. The number of nitrogens with zero attached hydrogens (tertiary/aromatic N) is 1. The van der Waals surface area contributed by atoms with Gasteiger partial charge in [0.2, 0.25) is 5.78 Å². The van der Waals surface area contributed by atoms with Crippen LogP contribution in [0.15, 0.2) is 47.3 Å². The van der Waals surface area contributed by atoms with E-state index in [9.17, 15) is 14.7 Å². The van der Waals surface area contributed by atoms with Crippen LogP contribution in [0, 0.1) is 0 Å². The van der Waals surface area contributed by atoms with Crippen molar-refractivity contribution in [3.63, 3.8) is 0 Å². The maximum atomic E-state index is 12.0. The van der Waals surface area contributed by atoms with Crippen LogP contribution in [0.2, 0.25) is 0 Å². The Morgan fingerprint density at radius 3 is 2.76 bits per heavy atom. The molecule has 2 N–H and O–H groups in total. The lowest BCUT2D eigenvalue weighted by Crippen LogP contribution is -2.12. The number of rotatable bonds is 4. The zero-order valence-corrected chi connectivity index (χ0v) is 11.2. The summed E-state index contributed by atoms with van der Waals surface area (Å²) in [6.45, 7) is 0. The molecule has 0 bridgehead atoms. The Morgan fingerprint density at radius 1 is 1.38 bits per heavy atom. The van der Waals surface area contributed by atoms with E-state index in [1.807, 2.05) is 0 Å². The van der Waals surface area contributed by atoms with E-state index in [1.54, 1.807) is 6.07 Å². The highest BCUT2D eigenvalue weighted by Crippen LogP contribution is 2.24. The summed E-state index contributed by atoms with van der Waals surface area (Å²) in [5.41, 5.74) is 0.479. The van der Waals surface area contributed by atoms with E-state index in [1.165, 1.54) is 31.4 Å². The third-order valence-corrected chi connectivity index (χ3v) is 2.88. The van der Waals surface area contributed by atoms with E-state index in [2.05, 4.69) is 4.99 Å². The van der Waals surface area contributed by atoms with Gasteiger partial charge in [0.1, 0.15) is 11.5 Å². The molecular weight excluding hydrogens is 274 g/mol. The van der Waals surface area contributed by atoms with E-state index < -0.39 is 17.3 Å². The number of carbonyl (C=O) groups is 2. The summed E-state index contributed by atoms with van der Waals surface area (Å²) in [6, 6.07) is 4.34. The van der Waals surface area contributed by atoms with Crippen molar-refractivity contribution in [2.24, 2.45) is 4.99 Å². The van der Waals surface area contributed by atoms with Gasteiger partial charge in [0, 0.05) is 11.8 Å². The second kappa shape index (κ2) is 6.04. The average Bonchev–Trinajstić information content (AvgIpc) is 2.48. The number of ketones is 2. The first-order valence-corrected chi connectivity index (χ1v) is 6.09. The first kappa shape index (κ1) is 14.5. The van der Waals surface area contributed by atoms with Crippen LogP contribution < -0.4 is 4.74 Å². The topological polar surface area (TPSA) is 96.2 Å². The van der Waals surface area contributed by atoms with Crippen LogP contribution in [-0.4, -0.2) is 34.6 Å². The number of allylic oxidation sites excluding steroid dienone is 3. The monoisotopic (exact) mass is 287 g/mol. The van der Waals surface area contributed by atoms with Crippen molar-refractivity contribution in [2.75, 3.05) is 7.11 Å². The normalized spacial score (nSPS) is 14.8. The van der Waals surface area contributed by atoms with Gasteiger partial charge >= 0.3 is 0 Å². The number of hydrogen-bond donors (Lipinski definition) is 2. The van der Waals surface area contributed by atoms with Gasteiger partial charge in [0.15, 0.2) is 11.5 Å². The summed E-state index contributed by atoms with van der Waals surface area (Å²) >= 11 is 0. The van der Waals surface area contributed by atoms with Crippen LogP contribution in [0.5, 0.6) is 11.5 Å². The number of Topliss-reactive ketones (excluding diaryl/α,β-unsaturated/α-hetero) is 1. The quantitative estimate of drug-likeness (QED) is 0.651. The standard InChI is InChI=1S/C15H13NO5/c1-21-10-3-4-11(13(18)7-10)12(17)5-2-9-6-14(19)15(20)8-16-9/h2-5,7-8,18,20H,6H2,1H3/b5-2+. The van der Waals surface area contributed by atoms with Crippen molar-refractivity contribution in [1.29, 1.82) is 0 Å². The van der Waals surface area contributed by atoms with Gasteiger partial charge in [-0.2, -0.15) is 0 Å². The van der Waals surface area contributed by atoms with Crippen molar-refractivity contribution in [1.82, 2.24) is 0 Å². The van der Waals surface area contributed by atoms with Crippen molar-refractivity contribution in [3.8, 4) is 11.5 Å². The van der Waals surface area contributed by atoms with Gasteiger partial charge in [-0.3, -0.25) is 14.6 Å². The molecule has 0 atom stereocenters. The lowest BCUT2D eigenvalue weighted by Gasteiger charge is -2.05. The Kier molecular flexibility index (Phi) is 4.18. The van der Waals surface area contributed by atoms with E-state index >= 15 is 0 Å². The van der Waals surface area contributed by atoms with Crippen LogP contribution in [0.25, 0.3) is 0 Å². The van der Waals surface area contributed by atoms with Crippen molar-refractivity contribution >= 4 is 17.3 Å². The summed E-state index contributed by atoms with van der Waals surface area (Å²) in [5.74, 6) is -1.03. The van der Waals surface area contributed by atoms with E-state index in [0.29, 0.717) is 11.5 Å². The molecule has 108 valence electrons. The van der Waals surface area contributed by atoms with Crippen LogP contribution in [-0.2, 0) is 4.79 Å². The highest BCUT2D eigenvalue weighted by atomic mass is 16.5. The Balaban J connectivity index is 2.15. The molecule has 1 aliphatic heterocycles. The molecule has 6 heteroatoms. The van der Waals surface area contributed by atoms with E-state index in [0.717, 1.165) is 6.20 Å². The van der Waals surface area contributed by atoms with Crippen LogP contribution in [0.1, 0.15) is 16.8 Å². The predicted molar refractivity (Wildman–Crippen MR) is 75.9 cm³/mol. The molecule has 1 aromatic carbocycles. The number of aliphatic hydroxyl groups excluding tert-OH is 1. The Hall–Kier alpha value is -2.89. The van der Waals surface area contributed by atoms with Gasteiger partial charge in [0.25, 0.3) is 0 Å². The molecule has 0 aliphatic carbocycles. The molecule has 1 aromatic rings. The lowest BCUT2D eigenvalue weighted by atomic mass is 10.1. The summed E-state index contributed by atoms with van der Waals surface area (Å²) in [4.78, 5) is 27.1. The fourth-order valence-corrected chi connectivity index (χ4v) is 1.73. The predicted octanol–water partition coefficient (Wildman–Crippen LogP) is 1.95. The van der Waals surface area contributed by atoms with Gasteiger partial charge < -0.3 is 14.9 Å². The Labute approximate surface area is 120 Å². The summed E-state index contributed by atoms with van der Waals surface area (Å²) in [6.07, 6.45) is 3.57. The van der Waals surface area contributed by atoms with Gasteiger partial charge in [-0.25, -0.2) is 0 Å². The number of aliphatic imine (C=N–C) groups is 1. The smallest absolute Gasteiger partial charge is 0.204 e. The highest BCUT2D eigenvalue weighted by molar-refractivity contribution is 6.17. The van der Waals surface area contributed by atoms with E-state index in [4.69, 9.17) is 9.84 Å². The number of methoxy groups -OCH3 is 1. The molecule has 0 aromatic heterocycles. The van der Waals surface area contributed by atoms with Crippen molar-refractivity contribution < 1.29 is 24.5 Å². The number of carbonyl (C=O) groups excluding carboxylic acids is 2. The number of hydrogen-bond acceptors (Lipinski definition) is 6. The minimum Gasteiger partial charge on any atom is -0.507 e. The first-order chi connectivity index (χ1) is 10.0. The number of phenols is 1. The second-order valence-electron chi connectivity index (χ2n) is 4.32. The highest BCUT2D eigenvalue weighted by Gasteiger charge is 2.15. The zero-order valence-electron chi connectivity index (χ0n) is 11.2. The van der Waals surface area contributed by atoms with Crippen molar-refractivity contribution in [2.45, 2.75) is 6.42 Å². The Morgan fingerprint density at radius 2 is 2.14 bits per heavy atom.